The second-order valence-electron chi connectivity index (χ2n) is 8.28. The number of rotatable bonds is 12. The molecule has 2 aromatic rings. The minimum atomic E-state index is -0.438. The lowest BCUT2D eigenvalue weighted by Crippen LogP contribution is -2.32. The van der Waals surface area contributed by atoms with Crippen LogP contribution in [0.5, 0.6) is 5.75 Å². The van der Waals surface area contributed by atoms with Crippen LogP contribution in [0.3, 0.4) is 0 Å². The van der Waals surface area contributed by atoms with Crippen LogP contribution < -0.4 is 15.4 Å². The quantitative estimate of drug-likeness (QED) is 0.276. The van der Waals surface area contributed by atoms with Crippen molar-refractivity contribution in [1.82, 2.24) is 10.2 Å². The number of hydrogen-bond donors (Lipinski definition) is 2. The van der Waals surface area contributed by atoms with Crippen molar-refractivity contribution in [3.05, 3.63) is 64.2 Å². The van der Waals surface area contributed by atoms with Gasteiger partial charge in [0, 0.05) is 49.4 Å². The normalized spacial score (nSPS) is 13.9. The molecule has 1 atom stereocenters. The number of amides is 2. The lowest BCUT2D eigenvalue weighted by atomic mass is 10.0. The molecule has 182 valence electrons. The Morgan fingerprint density at radius 1 is 1.12 bits per heavy atom. The zero-order valence-corrected chi connectivity index (χ0v) is 19.5. The van der Waals surface area contributed by atoms with Crippen LogP contribution in [0, 0.1) is 10.1 Å². The van der Waals surface area contributed by atoms with Gasteiger partial charge in [0.1, 0.15) is 5.75 Å². The summed E-state index contributed by atoms with van der Waals surface area (Å²) < 4.78 is 5.85. The first-order chi connectivity index (χ1) is 16.5. The summed E-state index contributed by atoms with van der Waals surface area (Å²) >= 11 is 0. The largest absolute Gasteiger partial charge is 0.483 e. The molecule has 0 radical (unpaired) electrons. The third-order valence-electron chi connectivity index (χ3n) is 5.84. The number of para-hydroxylation sites is 1. The summed E-state index contributed by atoms with van der Waals surface area (Å²) in [4.78, 5) is 37.0. The van der Waals surface area contributed by atoms with Crippen molar-refractivity contribution >= 4 is 23.2 Å². The Balaban J connectivity index is 1.46. The first-order valence-corrected chi connectivity index (χ1v) is 11.7. The number of nitro benzene ring substituents is 1. The summed E-state index contributed by atoms with van der Waals surface area (Å²) in [5.41, 5.74) is 1.67. The molecule has 1 heterocycles. The molecule has 0 saturated carbocycles. The molecule has 9 heteroatoms. The lowest BCUT2D eigenvalue weighted by Gasteiger charge is -2.22. The van der Waals surface area contributed by atoms with E-state index in [0.717, 1.165) is 37.2 Å². The van der Waals surface area contributed by atoms with Gasteiger partial charge in [0.2, 0.25) is 5.91 Å². The number of nitrogens with one attached hydrogen (secondary N) is 2. The fourth-order valence-corrected chi connectivity index (χ4v) is 3.95. The van der Waals surface area contributed by atoms with E-state index >= 15 is 0 Å². The summed E-state index contributed by atoms with van der Waals surface area (Å²) in [6.07, 6.45) is 3.72. The van der Waals surface area contributed by atoms with Crippen molar-refractivity contribution in [3.8, 4) is 5.75 Å². The van der Waals surface area contributed by atoms with Gasteiger partial charge in [-0.25, -0.2) is 0 Å². The number of carbonyl (C=O) groups excluding carboxylic acids is 2. The highest BCUT2D eigenvalue weighted by Crippen LogP contribution is 2.27. The molecule has 1 unspecified atom stereocenters. The van der Waals surface area contributed by atoms with E-state index in [-0.39, 0.29) is 30.2 Å². The van der Waals surface area contributed by atoms with Gasteiger partial charge in [-0.2, -0.15) is 0 Å². The van der Waals surface area contributed by atoms with E-state index in [1.807, 2.05) is 36.1 Å². The first kappa shape index (κ1) is 25.0. The maximum Gasteiger partial charge on any atom is 0.269 e. The maximum atomic E-state index is 12.6. The topological polar surface area (TPSA) is 114 Å². The van der Waals surface area contributed by atoms with E-state index in [9.17, 15) is 19.7 Å². The van der Waals surface area contributed by atoms with Crippen LogP contribution in [0.25, 0.3) is 0 Å². The van der Waals surface area contributed by atoms with Crippen LogP contribution >= 0.6 is 0 Å². The van der Waals surface area contributed by atoms with Crippen LogP contribution in [0.2, 0.25) is 0 Å². The number of anilines is 1. The smallest absolute Gasteiger partial charge is 0.269 e. The van der Waals surface area contributed by atoms with Crippen molar-refractivity contribution < 1.29 is 19.2 Å². The predicted molar refractivity (Wildman–Crippen MR) is 130 cm³/mol. The molecule has 34 heavy (non-hydrogen) atoms. The van der Waals surface area contributed by atoms with Crippen LogP contribution in [-0.2, 0) is 9.59 Å². The number of likely N-dealkylation sites (tertiary alicyclic amines) is 1. The van der Waals surface area contributed by atoms with Crippen molar-refractivity contribution in [3.63, 3.8) is 0 Å². The van der Waals surface area contributed by atoms with E-state index in [1.165, 1.54) is 12.1 Å². The molecule has 9 nitrogen and oxygen atoms in total. The Morgan fingerprint density at radius 2 is 1.82 bits per heavy atom. The monoisotopic (exact) mass is 468 g/mol. The SMILES string of the molecule is CCC(NC(=O)CCCNc1ccc([N+](=O)[O-])cc1)c1ccccc1OCC(=O)N1CCCC1. The van der Waals surface area contributed by atoms with E-state index in [0.29, 0.717) is 31.6 Å². The standard InChI is InChI=1S/C25H32N4O5/c1-2-22(21-8-3-4-9-23(21)34-18-25(31)28-16-5-6-17-28)27-24(30)10-7-15-26-19-11-13-20(14-12-19)29(32)33/h3-4,8-9,11-14,22,26H,2,5-7,10,15-18H2,1H3,(H,27,30). The minimum absolute atomic E-state index is 0.00426. The lowest BCUT2D eigenvalue weighted by molar-refractivity contribution is -0.384. The van der Waals surface area contributed by atoms with Gasteiger partial charge < -0.3 is 20.3 Å². The molecule has 1 fully saturated rings. The molecule has 2 amide bonds. The van der Waals surface area contributed by atoms with Crippen molar-refractivity contribution in [2.75, 3.05) is 31.6 Å². The molecule has 0 aromatic heterocycles. The Labute approximate surface area is 199 Å². The number of ether oxygens (including phenoxy) is 1. The fourth-order valence-electron chi connectivity index (χ4n) is 3.95. The van der Waals surface area contributed by atoms with Gasteiger partial charge in [-0.15, -0.1) is 0 Å². The van der Waals surface area contributed by atoms with E-state index < -0.39 is 4.92 Å². The molecule has 1 aliphatic heterocycles. The second-order valence-corrected chi connectivity index (χ2v) is 8.28. The zero-order chi connectivity index (χ0) is 24.3. The Kier molecular flexibility index (Phi) is 9.25. The number of carbonyl (C=O) groups is 2. The fraction of sp³-hybridized carbons (Fsp3) is 0.440. The highest BCUT2D eigenvalue weighted by molar-refractivity contribution is 5.78. The summed E-state index contributed by atoms with van der Waals surface area (Å²) in [5, 5.41) is 17.0. The van der Waals surface area contributed by atoms with Crippen molar-refractivity contribution in [2.45, 2.75) is 45.1 Å². The van der Waals surface area contributed by atoms with Crippen LogP contribution in [0.1, 0.15) is 50.6 Å². The zero-order valence-electron chi connectivity index (χ0n) is 19.5. The van der Waals surface area contributed by atoms with Gasteiger partial charge in [-0.3, -0.25) is 19.7 Å². The molecule has 0 spiro atoms. The Hall–Kier alpha value is -3.62. The number of non-ortho nitro benzene ring substituents is 1. The van der Waals surface area contributed by atoms with Gasteiger partial charge >= 0.3 is 0 Å². The second kappa shape index (κ2) is 12.6. The average Bonchev–Trinajstić information content (AvgIpc) is 3.39. The van der Waals surface area contributed by atoms with Crippen LogP contribution in [-0.4, -0.2) is 47.9 Å². The molecule has 3 rings (SSSR count). The van der Waals surface area contributed by atoms with E-state index in [4.69, 9.17) is 4.74 Å². The Bertz CT molecular complexity index is 974. The van der Waals surface area contributed by atoms with Gasteiger partial charge in [0.05, 0.1) is 11.0 Å². The summed E-state index contributed by atoms with van der Waals surface area (Å²) in [6.45, 7) is 4.14. The minimum Gasteiger partial charge on any atom is -0.483 e. The summed E-state index contributed by atoms with van der Waals surface area (Å²) in [7, 11) is 0. The number of nitro groups is 1. The molecule has 1 saturated heterocycles. The molecular weight excluding hydrogens is 436 g/mol. The third kappa shape index (κ3) is 7.19. The highest BCUT2D eigenvalue weighted by Gasteiger charge is 2.20. The average molecular weight is 469 g/mol. The summed E-state index contributed by atoms with van der Waals surface area (Å²) in [5.74, 6) is 0.534. The van der Waals surface area contributed by atoms with E-state index in [1.54, 1.807) is 12.1 Å². The molecular formula is C25H32N4O5. The number of nitrogens with zero attached hydrogens (tertiary/aromatic N) is 2. The van der Waals surface area contributed by atoms with Crippen molar-refractivity contribution in [1.29, 1.82) is 0 Å². The summed E-state index contributed by atoms with van der Waals surface area (Å²) in [6, 6.07) is 13.5. The van der Waals surface area contributed by atoms with Crippen molar-refractivity contribution in [2.24, 2.45) is 0 Å². The van der Waals surface area contributed by atoms with Crippen LogP contribution in [0.15, 0.2) is 48.5 Å². The van der Waals surface area contributed by atoms with E-state index in [2.05, 4.69) is 10.6 Å². The number of hydrogen-bond acceptors (Lipinski definition) is 6. The van der Waals surface area contributed by atoms with Gasteiger partial charge in [0.25, 0.3) is 11.6 Å². The molecule has 0 bridgehead atoms. The molecule has 2 aromatic carbocycles. The predicted octanol–water partition coefficient (Wildman–Crippen LogP) is 4.06. The molecule has 2 N–H and O–H groups in total. The highest BCUT2D eigenvalue weighted by atomic mass is 16.6. The molecule has 0 aliphatic carbocycles. The first-order valence-electron chi connectivity index (χ1n) is 11.7. The number of benzene rings is 2. The molecule has 1 aliphatic rings. The van der Waals surface area contributed by atoms with Gasteiger partial charge in [-0.05, 0) is 43.9 Å². The van der Waals surface area contributed by atoms with Gasteiger partial charge in [-0.1, -0.05) is 25.1 Å². The third-order valence-corrected chi connectivity index (χ3v) is 5.84. The van der Waals surface area contributed by atoms with Gasteiger partial charge in [0.15, 0.2) is 6.61 Å². The maximum absolute atomic E-state index is 12.6. The Morgan fingerprint density at radius 3 is 2.50 bits per heavy atom. The van der Waals surface area contributed by atoms with Crippen LogP contribution in [0.4, 0.5) is 11.4 Å².